The Morgan fingerprint density at radius 1 is 0.862 bits per heavy atom. The second-order valence-corrected chi connectivity index (χ2v) is 7.32. The molecule has 2 aromatic rings. The summed E-state index contributed by atoms with van der Waals surface area (Å²) < 4.78 is 11.2. The standard InChI is InChI=1S/C23H30N2O4/c1-16(2)28-21-10-6-19(7-11-21)24-23(27)14-15-25(18(5)26)20-8-12-22(13-9-20)29-17(3)4/h6-13,16-17H,14-15H2,1-5H3,(H,24,27). The van der Waals surface area contributed by atoms with Crippen LogP contribution in [0.15, 0.2) is 48.5 Å². The number of ether oxygens (including phenoxy) is 2. The number of amides is 2. The Labute approximate surface area is 172 Å². The summed E-state index contributed by atoms with van der Waals surface area (Å²) in [5.41, 5.74) is 1.42. The van der Waals surface area contributed by atoms with Gasteiger partial charge in [0, 0.05) is 31.3 Å². The number of hydrogen-bond donors (Lipinski definition) is 1. The third-order valence-electron chi connectivity index (χ3n) is 3.97. The molecule has 0 fully saturated rings. The van der Waals surface area contributed by atoms with Gasteiger partial charge in [0.1, 0.15) is 11.5 Å². The first kappa shape index (κ1) is 22.3. The highest BCUT2D eigenvalue weighted by atomic mass is 16.5. The quantitative estimate of drug-likeness (QED) is 0.668. The molecule has 0 heterocycles. The summed E-state index contributed by atoms with van der Waals surface area (Å²) in [6, 6.07) is 14.5. The van der Waals surface area contributed by atoms with Crippen molar-refractivity contribution in [2.24, 2.45) is 0 Å². The Balaban J connectivity index is 1.92. The lowest BCUT2D eigenvalue weighted by Gasteiger charge is -2.21. The second kappa shape index (κ2) is 10.5. The van der Waals surface area contributed by atoms with Gasteiger partial charge in [0.05, 0.1) is 12.2 Å². The van der Waals surface area contributed by atoms with E-state index in [9.17, 15) is 9.59 Å². The summed E-state index contributed by atoms with van der Waals surface area (Å²) in [5, 5.41) is 2.85. The molecule has 0 saturated carbocycles. The molecule has 2 amide bonds. The van der Waals surface area contributed by atoms with Crippen LogP contribution in [0.2, 0.25) is 0 Å². The van der Waals surface area contributed by atoms with Crippen LogP contribution in [0.1, 0.15) is 41.0 Å². The molecule has 0 unspecified atom stereocenters. The Hall–Kier alpha value is -3.02. The number of rotatable bonds is 9. The van der Waals surface area contributed by atoms with Crippen LogP contribution >= 0.6 is 0 Å². The molecular weight excluding hydrogens is 368 g/mol. The van der Waals surface area contributed by atoms with Crippen LogP contribution in [-0.4, -0.2) is 30.6 Å². The Morgan fingerprint density at radius 3 is 1.79 bits per heavy atom. The maximum absolute atomic E-state index is 12.3. The number of nitrogens with zero attached hydrogens (tertiary/aromatic N) is 1. The van der Waals surface area contributed by atoms with Gasteiger partial charge in [-0.2, -0.15) is 0 Å². The first-order valence-electron chi connectivity index (χ1n) is 9.86. The zero-order valence-electron chi connectivity index (χ0n) is 17.8. The molecule has 0 radical (unpaired) electrons. The molecule has 6 heteroatoms. The highest BCUT2D eigenvalue weighted by Crippen LogP contribution is 2.21. The Morgan fingerprint density at radius 2 is 1.34 bits per heavy atom. The number of hydrogen-bond acceptors (Lipinski definition) is 4. The van der Waals surface area contributed by atoms with Crippen molar-refractivity contribution in [1.29, 1.82) is 0 Å². The summed E-state index contributed by atoms with van der Waals surface area (Å²) >= 11 is 0. The van der Waals surface area contributed by atoms with E-state index in [0.29, 0.717) is 12.2 Å². The molecule has 0 aromatic heterocycles. The average molecular weight is 399 g/mol. The Bertz CT molecular complexity index is 799. The minimum atomic E-state index is -0.159. The zero-order chi connectivity index (χ0) is 21.4. The van der Waals surface area contributed by atoms with Crippen LogP contribution in [0.25, 0.3) is 0 Å². The Kier molecular flexibility index (Phi) is 8.07. The third-order valence-corrected chi connectivity index (χ3v) is 3.97. The van der Waals surface area contributed by atoms with Crippen molar-refractivity contribution in [2.45, 2.75) is 53.2 Å². The van der Waals surface area contributed by atoms with E-state index in [0.717, 1.165) is 17.2 Å². The number of anilines is 2. The van der Waals surface area contributed by atoms with E-state index in [4.69, 9.17) is 9.47 Å². The minimum absolute atomic E-state index is 0.0828. The number of carbonyl (C=O) groups excluding carboxylic acids is 2. The SMILES string of the molecule is CC(=O)N(CCC(=O)Nc1ccc(OC(C)C)cc1)c1ccc(OC(C)C)cc1. The molecule has 156 valence electrons. The predicted octanol–water partition coefficient (Wildman–Crippen LogP) is 4.64. The van der Waals surface area contributed by atoms with Gasteiger partial charge in [-0.1, -0.05) is 0 Å². The lowest BCUT2D eigenvalue weighted by atomic mass is 10.2. The van der Waals surface area contributed by atoms with Gasteiger partial charge in [-0.15, -0.1) is 0 Å². The van der Waals surface area contributed by atoms with Crippen molar-refractivity contribution in [3.05, 3.63) is 48.5 Å². The van der Waals surface area contributed by atoms with Crippen molar-refractivity contribution in [1.82, 2.24) is 0 Å². The van der Waals surface area contributed by atoms with Gasteiger partial charge in [0.15, 0.2) is 0 Å². The van der Waals surface area contributed by atoms with Gasteiger partial charge in [-0.05, 0) is 76.2 Å². The van der Waals surface area contributed by atoms with Crippen LogP contribution < -0.4 is 19.7 Å². The smallest absolute Gasteiger partial charge is 0.226 e. The first-order chi connectivity index (χ1) is 13.7. The molecule has 0 atom stereocenters. The van der Waals surface area contributed by atoms with Crippen molar-refractivity contribution in [2.75, 3.05) is 16.8 Å². The van der Waals surface area contributed by atoms with E-state index < -0.39 is 0 Å². The van der Waals surface area contributed by atoms with Gasteiger partial charge in [-0.25, -0.2) is 0 Å². The maximum atomic E-state index is 12.3. The highest BCUT2D eigenvalue weighted by Gasteiger charge is 2.14. The number of benzene rings is 2. The van der Waals surface area contributed by atoms with Gasteiger partial charge < -0.3 is 19.7 Å². The van der Waals surface area contributed by atoms with Crippen molar-refractivity contribution < 1.29 is 19.1 Å². The van der Waals surface area contributed by atoms with Crippen LogP contribution in [0, 0.1) is 0 Å². The summed E-state index contributed by atoms with van der Waals surface area (Å²) in [5.74, 6) is 1.22. The van der Waals surface area contributed by atoms with Crippen LogP contribution in [0.3, 0.4) is 0 Å². The van der Waals surface area contributed by atoms with E-state index in [1.165, 1.54) is 6.92 Å². The van der Waals surface area contributed by atoms with E-state index in [1.807, 2.05) is 64.1 Å². The lowest BCUT2D eigenvalue weighted by Crippen LogP contribution is -2.31. The largest absolute Gasteiger partial charge is 0.491 e. The van der Waals surface area contributed by atoms with Crippen molar-refractivity contribution >= 4 is 23.2 Å². The normalized spacial score (nSPS) is 10.7. The van der Waals surface area contributed by atoms with Crippen LogP contribution in [-0.2, 0) is 9.59 Å². The molecule has 0 aliphatic heterocycles. The van der Waals surface area contributed by atoms with Crippen LogP contribution in [0.4, 0.5) is 11.4 Å². The molecule has 0 spiro atoms. The minimum Gasteiger partial charge on any atom is -0.491 e. The summed E-state index contributed by atoms with van der Waals surface area (Å²) in [7, 11) is 0. The molecule has 0 aliphatic carbocycles. The lowest BCUT2D eigenvalue weighted by molar-refractivity contribution is -0.117. The van der Waals surface area contributed by atoms with Gasteiger partial charge in [-0.3, -0.25) is 9.59 Å². The molecular formula is C23H30N2O4. The fourth-order valence-electron chi connectivity index (χ4n) is 2.77. The van der Waals surface area contributed by atoms with Gasteiger partial charge in [0.2, 0.25) is 11.8 Å². The number of nitrogens with one attached hydrogen (secondary N) is 1. The van der Waals surface area contributed by atoms with Crippen molar-refractivity contribution in [3.63, 3.8) is 0 Å². The highest BCUT2D eigenvalue weighted by molar-refractivity contribution is 5.94. The van der Waals surface area contributed by atoms with Gasteiger partial charge >= 0.3 is 0 Å². The van der Waals surface area contributed by atoms with E-state index >= 15 is 0 Å². The molecule has 1 N–H and O–H groups in total. The fourth-order valence-corrected chi connectivity index (χ4v) is 2.77. The van der Waals surface area contributed by atoms with Gasteiger partial charge in [0.25, 0.3) is 0 Å². The topological polar surface area (TPSA) is 67.9 Å². The van der Waals surface area contributed by atoms with Crippen molar-refractivity contribution in [3.8, 4) is 11.5 Å². The molecule has 2 aromatic carbocycles. The first-order valence-corrected chi connectivity index (χ1v) is 9.86. The maximum Gasteiger partial charge on any atom is 0.226 e. The molecule has 0 aliphatic rings. The summed E-state index contributed by atoms with van der Waals surface area (Å²) in [6.07, 6.45) is 0.368. The zero-order valence-corrected chi connectivity index (χ0v) is 17.8. The summed E-state index contributed by atoms with van der Waals surface area (Å²) in [6.45, 7) is 9.62. The molecule has 0 bridgehead atoms. The molecule has 2 rings (SSSR count). The molecule has 6 nitrogen and oxygen atoms in total. The molecule has 29 heavy (non-hydrogen) atoms. The second-order valence-electron chi connectivity index (χ2n) is 7.32. The monoisotopic (exact) mass is 398 g/mol. The van der Waals surface area contributed by atoms with E-state index in [1.54, 1.807) is 17.0 Å². The van der Waals surface area contributed by atoms with Crippen LogP contribution in [0.5, 0.6) is 11.5 Å². The molecule has 0 saturated heterocycles. The average Bonchev–Trinajstić information content (AvgIpc) is 2.63. The fraction of sp³-hybridized carbons (Fsp3) is 0.391. The number of carbonyl (C=O) groups is 2. The predicted molar refractivity (Wildman–Crippen MR) is 116 cm³/mol. The van der Waals surface area contributed by atoms with E-state index in [2.05, 4.69) is 5.32 Å². The third kappa shape index (κ3) is 7.49. The van der Waals surface area contributed by atoms with E-state index in [-0.39, 0.29) is 30.4 Å². The summed E-state index contributed by atoms with van der Waals surface area (Å²) in [4.78, 5) is 25.9.